The van der Waals surface area contributed by atoms with Crippen molar-refractivity contribution >= 4 is 35.2 Å². The molecule has 10 nitrogen and oxygen atoms in total. The van der Waals surface area contributed by atoms with Crippen molar-refractivity contribution in [3.63, 3.8) is 0 Å². The molecule has 43 heavy (non-hydrogen) atoms. The molecule has 238 valence electrons. The molecule has 5 N–H and O–H groups in total. The molecular weight excluding hydrogens is 548 g/mol. The highest BCUT2D eigenvalue weighted by atomic mass is 16.4. The third kappa shape index (κ3) is 8.91. The second-order valence-corrected chi connectivity index (χ2v) is 11.9. The molecule has 6 unspecified atom stereocenters. The van der Waals surface area contributed by atoms with Crippen molar-refractivity contribution in [3.05, 3.63) is 41.5 Å². The second-order valence-electron chi connectivity index (χ2n) is 11.9. The summed E-state index contributed by atoms with van der Waals surface area (Å²) in [5.74, 6) is -3.70. The third-order valence-electron chi connectivity index (χ3n) is 8.97. The van der Waals surface area contributed by atoms with Crippen LogP contribution in [0.15, 0.2) is 30.3 Å². The fourth-order valence-electron chi connectivity index (χ4n) is 5.16. The van der Waals surface area contributed by atoms with Gasteiger partial charge in [-0.25, -0.2) is 4.79 Å². The van der Waals surface area contributed by atoms with Crippen LogP contribution in [0.1, 0.15) is 97.0 Å². The van der Waals surface area contributed by atoms with E-state index in [0.717, 1.165) is 6.42 Å². The van der Waals surface area contributed by atoms with Crippen LogP contribution in [0.3, 0.4) is 0 Å². The number of rotatable bonds is 15. The lowest BCUT2D eigenvalue weighted by Crippen LogP contribution is -2.59. The van der Waals surface area contributed by atoms with Crippen LogP contribution in [-0.4, -0.2) is 58.9 Å². The smallest absolute Gasteiger partial charge is 0.326 e. The lowest BCUT2D eigenvalue weighted by molar-refractivity contribution is -0.144. The fraction of sp³-hybridized carbons (Fsp3) is 0.606. The Morgan fingerprint density at radius 1 is 0.767 bits per heavy atom. The van der Waals surface area contributed by atoms with Gasteiger partial charge in [-0.1, -0.05) is 99.3 Å². The Balaban J connectivity index is 2.37. The first-order valence-electron chi connectivity index (χ1n) is 15.6. The van der Waals surface area contributed by atoms with Crippen molar-refractivity contribution in [1.82, 2.24) is 21.3 Å². The number of amides is 4. The topological polar surface area (TPSA) is 154 Å². The molecule has 1 aromatic carbocycles. The van der Waals surface area contributed by atoms with Crippen molar-refractivity contribution < 1.29 is 29.1 Å². The molecule has 0 saturated carbocycles. The van der Waals surface area contributed by atoms with E-state index in [1.54, 1.807) is 19.1 Å². The molecule has 1 heterocycles. The monoisotopic (exact) mass is 598 g/mol. The van der Waals surface area contributed by atoms with E-state index >= 15 is 0 Å². The third-order valence-corrected chi connectivity index (χ3v) is 8.97. The first kappa shape index (κ1) is 35.5. The normalized spacial score (nSPS) is 20.3. The Hall–Kier alpha value is -3.69. The second kappa shape index (κ2) is 16.2. The summed E-state index contributed by atoms with van der Waals surface area (Å²) in [6, 6.07) is 3.73. The number of benzene rings is 1. The summed E-state index contributed by atoms with van der Waals surface area (Å²) in [4.78, 5) is 65.1. The van der Waals surface area contributed by atoms with Crippen LogP contribution in [0, 0.1) is 23.7 Å². The molecule has 8 atom stereocenters. The Morgan fingerprint density at radius 2 is 1.23 bits per heavy atom. The predicted molar refractivity (Wildman–Crippen MR) is 167 cm³/mol. The van der Waals surface area contributed by atoms with E-state index in [1.165, 1.54) is 6.08 Å². The van der Waals surface area contributed by atoms with Crippen LogP contribution in [0.2, 0.25) is 0 Å². The SMILES string of the molecule is CCC(C)C(NC(=O)/C=C1/c2ccccc2C(=O)NC1C(C)CC)C(=O)NC(C(=O)N[C@H](C(=O)O)[C@@H](C)CC)C(C)CC. The van der Waals surface area contributed by atoms with Crippen molar-refractivity contribution in [2.45, 2.75) is 105 Å². The Bertz CT molecular complexity index is 1200. The van der Waals surface area contributed by atoms with Gasteiger partial charge < -0.3 is 26.4 Å². The van der Waals surface area contributed by atoms with Crippen molar-refractivity contribution in [2.75, 3.05) is 0 Å². The molecule has 0 bridgehead atoms. The molecule has 1 aliphatic rings. The lowest BCUT2D eigenvalue weighted by Gasteiger charge is -2.33. The highest BCUT2D eigenvalue weighted by Gasteiger charge is 2.36. The molecule has 2 rings (SSSR count). The zero-order valence-electron chi connectivity index (χ0n) is 26.8. The molecule has 0 spiro atoms. The zero-order valence-corrected chi connectivity index (χ0v) is 26.8. The molecule has 0 saturated heterocycles. The Kier molecular flexibility index (Phi) is 13.4. The summed E-state index contributed by atoms with van der Waals surface area (Å²) in [7, 11) is 0. The van der Waals surface area contributed by atoms with Crippen LogP contribution < -0.4 is 21.3 Å². The lowest BCUT2D eigenvalue weighted by atomic mass is 9.82. The maximum absolute atomic E-state index is 13.7. The first-order valence-corrected chi connectivity index (χ1v) is 15.6. The van der Waals surface area contributed by atoms with Crippen LogP contribution in [-0.2, 0) is 19.2 Å². The van der Waals surface area contributed by atoms with Gasteiger partial charge in [-0.15, -0.1) is 0 Å². The standard InChI is InChI=1S/C33H50N4O6/c1-9-18(5)26-24(22-15-13-14-16-23(22)30(39)35-26)17-25(38)34-27(19(6)10-2)31(40)36-28(20(7)11-3)32(41)37-29(33(42)43)21(8)12-4/h13-21,26-29H,9-12H2,1-8H3,(H,34,38)(H,35,39)(H,36,40)(H,37,41)(H,42,43)/b24-17-/t18?,19?,20?,21-,26?,27?,28?,29-/m0/s1. The summed E-state index contributed by atoms with van der Waals surface area (Å²) in [5.41, 5.74) is 1.84. The van der Waals surface area contributed by atoms with Gasteiger partial charge in [-0.2, -0.15) is 0 Å². The number of carbonyl (C=O) groups excluding carboxylic acids is 4. The minimum Gasteiger partial charge on any atom is -0.480 e. The van der Waals surface area contributed by atoms with E-state index in [2.05, 4.69) is 21.3 Å². The molecule has 0 aliphatic carbocycles. The molecule has 0 aromatic heterocycles. The predicted octanol–water partition coefficient (Wildman–Crippen LogP) is 3.91. The minimum atomic E-state index is -1.13. The largest absolute Gasteiger partial charge is 0.480 e. The van der Waals surface area contributed by atoms with Crippen LogP contribution >= 0.6 is 0 Å². The summed E-state index contributed by atoms with van der Waals surface area (Å²) >= 11 is 0. The minimum absolute atomic E-state index is 0.0601. The van der Waals surface area contributed by atoms with Crippen molar-refractivity contribution in [1.29, 1.82) is 0 Å². The average molecular weight is 599 g/mol. The van der Waals surface area contributed by atoms with Crippen LogP contribution in [0.5, 0.6) is 0 Å². The van der Waals surface area contributed by atoms with E-state index in [-0.39, 0.29) is 35.6 Å². The molecule has 10 heteroatoms. The first-order chi connectivity index (χ1) is 20.3. The number of hydrogen-bond donors (Lipinski definition) is 5. The van der Waals surface area contributed by atoms with Gasteiger partial charge in [0.05, 0.1) is 6.04 Å². The van der Waals surface area contributed by atoms with Gasteiger partial charge >= 0.3 is 5.97 Å². The molecule has 1 aromatic rings. The fourth-order valence-corrected chi connectivity index (χ4v) is 5.16. The zero-order chi connectivity index (χ0) is 32.4. The van der Waals surface area contributed by atoms with E-state index < -0.39 is 41.8 Å². The summed E-state index contributed by atoms with van der Waals surface area (Å²) in [6.45, 7) is 15.1. The molecule has 4 amide bonds. The highest BCUT2D eigenvalue weighted by Crippen LogP contribution is 2.31. The van der Waals surface area contributed by atoms with Gasteiger partial charge in [0.25, 0.3) is 5.91 Å². The molecule has 1 aliphatic heterocycles. The number of fused-ring (bicyclic) bond motifs is 1. The van der Waals surface area contributed by atoms with Crippen molar-refractivity contribution in [2.24, 2.45) is 23.7 Å². The highest BCUT2D eigenvalue weighted by molar-refractivity contribution is 6.07. The summed E-state index contributed by atoms with van der Waals surface area (Å²) < 4.78 is 0. The van der Waals surface area contributed by atoms with Gasteiger partial charge in [0.2, 0.25) is 17.7 Å². The average Bonchev–Trinajstić information content (AvgIpc) is 3.00. The number of nitrogens with one attached hydrogen (secondary N) is 4. The van der Waals surface area contributed by atoms with E-state index in [9.17, 15) is 29.1 Å². The van der Waals surface area contributed by atoms with Gasteiger partial charge in [0.15, 0.2) is 0 Å². The summed E-state index contributed by atoms with van der Waals surface area (Å²) in [6.07, 6.45) is 3.94. The van der Waals surface area contributed by atoms with Gasteiger partial charge in [0, 0.05) is 11.6 Å². The van der Waals surface area contributed by atoms with Gasteiger partial charge in [0.1, 0.15) is 18.1 Å². The van der Waals surface area contributed by atoms with E-state index in [4.69, 9.17) is 0 Å². The van der Waals surface area contributed by atoms with E-state index in [0.29, 0.717) is 36.0 Å². The molecular formula is C33H50N4O6. The Labute approximate surface area is 255 Å². The van der Waals surface area contributed by atoms with Gasteiger partial charge in [-0.05, 0) is 40.9 Å². The number of carboxylic acid groups (broad SMARTS) is 1. The van der Waals surface area contributed by atoms with E-state index in [1.807, 2.05) is 60.6 Å². The van der Waals surface area contributed by atoms with Crippen molar-refractivity contribution in [3.8, 4) is 0 Å². The Morgan fingerprint density at radius 3 is 1.72 bits per heavy atom. The summed E-state index contributed by atoms with van der Waals surface area (Å²) in [5, 5.41) is 21.0. The maximum atomic E-state index is 13.7. The maximum Gasteiger partial charge on any atom is 0.326 e. The molecule has 0 fully saturated rings. The quantitative estimate of drug-likeness (QED) is 0.193. The van der Waals surface area contributed by atoms with Gasteiger partial charge in [-0.3, -0.25) is 19.2 Å². The number of carbonyl (C=O) groups is 5. The number of carboxylic acids is 1. The molecule has 0 radical (unpaired) electrons. The van der Waals surface area contributed by atoms with Crippen LogP contribution in [0.4, 0.5) is 0 Å². The van der Waals surface area contributed by atoms with Crippen LogP contribution in [0.25, 0.3) is 5.57 Å². The number of hydrogen-bond acceptors (Lipinski definition) is 5. The number of aliphatic carboxylic acids is 1.